The Hall–Kier alpha value is -2.47. The van der Waals surface area contributed by atoms with Gasteiger partial charge in [0.05, 0.1) is 6.33 Å². The highest BCUT2D eigenvalue weighted by Crippen LogP contribution is 2.20. The number of nitrogen functional groups attached to an aromatic ring is 1. The average molecular weight is 310 g/mol. The Morgan fingerprint density at radius 1 is 1.26 bits per heavy atom. The van der Waals surface area contributed by atoms with Crippen LogP contribution in [-0.2, 0) is 6.54 Å². The maximum absolute atomic E-state index is 5.83. The lowest BCUT2D eigenvalue weighted by molar-refractivity contribution is 0.252. The highest BCUT2D eigenvalue weighted by atomic mass is 15.2. The van der Waals surface area contributed by atoms with Crippen LogP contribution in [0.5, 0.6) is 0 Å². The van der Waals surface area contributed by atoms with Gasteiger partial charge in [0.1, 0.15) is 11.8 Å². The first-order valence-corrected chi connectivity index (χ1v) is 7.74. The van der Waals surface area contributed by atoms with Crippen molar-refractivity contribution in [2.45, 2.75) is 26.4 Å². The molecule has 0 spiro atoms. The number of fused-ring (bicyclic) bond motifs is 1. The summed E-state index contributed by atoms with van der Waals surface area (Å²) in [5.41, 5.74) is 9.90. The molecule has 2 aromatic heterocycles. The van der Waals surface area contributed by atoms with Crippen molar-refractivity contribution in [1.82, 2.24) is 24.4 Å². The Labute approximate surface area is 136 Å². The molecule has 1 atom stereocenters. The number of likely N-dealkylation sites (N-methyl/N-ethyl adjacent to an activating group) is 1. The van der Waals surface area contributed by atoms with Crippen LogP contribution in [0, 0.1) is 6.92 Å². The number of rotatable bonds is 5. The van der Waals surface area contributed by atoms with Crippen LogP contribution in [0.4, 0.5) is 5.82 Å². The Morgan fingerprint density at radius 2 is 2.09 bits per heavy atom. The van der Waals surface area contributed by atoms with Crippen molar-refractivity contribution in [2.75, 3.05) is 19.3 Å². The molecule has 0 saturated heterocycles. The second-order valence-electron chi connectivity index (χ2n) is 5.94. The normalized spacial score (nSPS) is 12.9. The molecule has 0 saturated carbocycles. The van der Waals surface area contributed by atoms with Gasteiger partial charge in [-0.25, -0.2) is 15.0 Å². The fraction of sp³-hybridized carbons (Fsp3) is 0.353. The first-order valence-electron chi connectivity index (χ1n) is 7.74. The summed E-state index contributed by atoms with van der Waals surface area (Å²) in [5.74, 6) is 0.426. The molecule has 3 aromatic rings. The molecule has 0 aliphatic carbocycles. The number of hydrogen-bond acceptors (Lipinski definition) is 5. The van der Waals surface area contributed by atoms with E-state index in [0.29, 0.717) is 17.4 Å². The summed E-state index contributed by atoms with van der Waals surface area (Å²) in [4.78, 5) is 14.9. The number of aryl methyl sites for hydroxylation is 1. The maximum Gasteiger partial charge on any atom is 0.165 e. The van der Waals surface area contributed by atoms with E-state index in [4.69, 9.17) is 5.73 Å². The molecule has 6 nitrogen and oxygen atoms in total. The molecule has 0 aliphatic heterocycles. The fourth-order valence-corrected chi connectivity index (χ4v) is 2.71. The predicted octanol–water partition coefficient (Wildman–Crippen LogP) is 2.41. The van der Waals surface area contributed by atoms with E-state index >= 15 is 0 Å². The molecular weight excluding hydrogens is 288 g/mol. The number of anilines is 1. The fourth-order valence-electron chi connectivity index (χ4n) is 2.71. The lowest BCUT2D eigenvalue weighted by Crippen LogP contribution is -2.26. The standard InChI is InChI=1S/C17H22N6/c1-12-5-4-6-14(9-12)13(2)22(3)7-8-23-11-21-15-16(18)19-10-20-17(15)23/h4-6,9-11,13H,7-8H2,1-3H3,(H2,18,19,20). The smallest absolute Gasteiger partial charge is 0.165 e. The second-order valence-corrected chi connectivity index (χ2v) is 5.94. The van der Waals surface area contributed by atoms with Gasteiger partial charge in [-0.15, -0.1) is 0 Å². The zero-order valence-electron chi connectivity index (χ0n) is 13.8. The van der Waals surface area contributed by atoms with Gasteiger partial charge in [0, 0.05) is 19.1 Å². The lowest BCUT2D eigenvalue weighted by Gasteiger charge is -2.25. The Balaban J connectivity index is 1.70. The van der Waals surface area contributed by atoms with E-state index < -0.39 is 0 Å². The van der Waals surface area contributed by atoms with Gasteiger partial charge < -0.3 is 10.3 Å². The van der Waals surface area contributed by atoms with E-state index in [0.717, 1.165) is 18.7 Å². The molecule has 0 bridgehead atoms. The molecule has 3 rings (SSSR count). The van der Waals surface area contributed by atoms with E-state index in [1.165, 1.54) is 17.5 Å². The number of nitrogens with zero attached hydrogens (tertiary/aromatic N) is 5. The van der Waals surface area contributed by atoms with Gasteiger partial charge in [-0.05, 0) is 26.5 Å². The Morgan fingerprint density at radius 3 is 2.87 bits per heavy atom. The van der Waals surface area contributed by atoms with Crippen LogP contribution in [0.15, 0.2) is 36.9 Å². The molecule has 0 amide bonds. The Kier molecular flexibility index (Phi) is 4.25. The van der Waals surface area contributed by atoms with Gasteiger partial charge in [0.2, 0.25) is 0 Å². The molecule has 0 radical (unpaired) electrons. The van der Waals surface area contributed by atoms with Gasteiger partial charge in [0.15, 0.2) is 11.5 Å². The number of imidazole rings is 1. The summed E-state index contributed by atoms with van der Waals surface area (Å²) in [6.07, 6.45) is 3.26. The van der Waals surface area contributed by atoms with Gasteiger partial charge >= 0.3 is 0 Å². The lowest BCUT2D eigenvalue weighted by atomic mass is 10.0. The molecule has 0 aliphatic rings. The topological polar surface area (TPSA) is 72.9 Å². The summed E-state index contributed by atoms with van der Waals surface area (Å²) >= 11 is 0. The van der Waals surface area contributed by atoms with E-state index in [1.54, 1.807) is 6.33 Å². The molecule has 0 fully saturated rings. The third-order valence-electron chi connectivity index (χ3n) is 4.31. The highest BCUT2D eigenvalue weighted by Gasteiger charge is 2.13. The van der Waals surface area contributed by atoms with Gasteiger partial charge in [-0.1, -0.05) is 29.8 Å². The third-order valence-corrected chi connectivity index (χ3v) is 4.31. The number of nitrogens with two attached hydrogens (primary N) is 1. The van der Waals surface area contributed by atoms with Crippen LogP contribution < -0.4 is 5.73 Å². The quantitative estimate of drug-likeness (QED) is 0.783. The molecule has 2 N–H and O–H groups in total. The van der Waals surface area contributed by atoms with Crippen molar-refractivity contribution in [3.63, 3.8) is 0 Å². The Bertz CT molecular complexity index is 810. The minimum atomic E-state index is 0.351. The van der Waals surface area contributed by atoms with Crippen LogP contribution in [0.1, 0.15) is 24.1 Å². The molecule has 2 heterocycles. The van der Waals surface area contributed by atoms with Crippen molar-refractivity contribution in [2.24, 2.45) is 0 Å². The second kappa shape index (κ2) is 6.34. The summed E-state index contributed by atoms with van der Waals surface area (Å²) < 4.78 is 2.02. The summed E-state index contributed by atoms with van der Waals surface area (Å²) in [5, 5.41) is 0. The zero-order chi connectivity index (χ0) is 16.4. The first kappa shape index (κ1) is 15.4. The van der Waals surface area contributed by atoms with Gasteiger partial charge in [0.25, 0.3) is 0 Å². The van der Waals surface area contributed by atoms with Crippen molar-refractivity contribution in [1.29, 1.82) is 0 Å². The van der Waals surface area contributed by atoms with E-state index in [-0.39, 0.29) is 0 Å². The SMILES string of the molecule is Cc1cccc(C(C)N(C)CCn2cnc3c(N)ncnc32)c1. The van der Waals surface area contributed by atoms with Gasteiger partial charge in [-0.2, -0.15) is 0 Å². The minimum absolute atomic E-state index is 0.351. The molecule has 6 heteroatoms. The number of hydrogen-bond donors (Lipinski definition) is 1. The maximum atomic E-state index is 5.83. The van der Waals surface area contributed by atoms with Crippen LogP contribution in [0.25, 0.3) is 11.2 Å². The van der Waals surface area contributed by atoms with Crippen molar-refractivity contribution >= 4 is 17.0 Å². The molecule has 1 unspecified atom stereocenters. The summed E-state index contributed by atoms with van der Waals surface area (Å²) in [6, 6.07) is 9.00. The van der Waals surface area contributed by atoms with E-state index in [2.05, 4.69) is 65.0 Å². The minimum Gasteiger partial charge on any atom is -0.382 e. The molecule has 1 aromatic carbocycles. The van der Waals surface area contributed by atoms with Crippen molar-refractivity contribution in [3.05, 3.63) is 48.0 Å². The van der Waals surface area contributed by atoms with E-state index in [1.807, 2.05) is 4.57 Å². The zero-order valence-corrected chi connectivity index (χ0v) is 13.8. The van der Waals surface area contributed by atoms with Crippen LogP contribution in [0.3, 0.4) is 0 Å². The summed E-state index contributed by atoms with van der Waals surface area (Å²) in [6.45, 7) is 6.04. The monoisotopic (exact) mass is 310 g/mol. The average Bonchev–Trinajstić information content (AvgIpc) is 2.96. The number of aromatic nitrogens is 4. The van der Waals surface area contributed by atoms with E-state index in [9.17, 15) is 0 Å². The van der Waals surface area contributed by atoms with Crippen LogP contribution in [-0.4, -0.2) is 38.0 Å². The first-order chi connectivity index (χ1) is 11.1. The predicted molar refractivity (Wildman–Crippen MR) is 92.0 cm³/mol. The van der Waals surface area contributed by atoms with Crippen molar-refractivity contribution in [3.8, 4) is 0 Å². The largest absolute Gasteiger partial charge is 0.382 e. The number of benzene rings is 1. The van der Waals surface area contributed by atoms with Crippen molar-refractivity contribution < 1.29 is 0 Å². The highest BCUT2D eigenvalue weighted by molar-refractivity contribution is 5.81. The molecular formula is C17H22N6. The third kappa shape index (κ3) is 3.17. The summed E-state index contributed by atoms with van der Waals surface area (Å²) in [7, 11) is 2.13. The molecule has 120 valence electrons. The van der Waals surface area contributed by atoms with Crippen LogP contribution in [0.2, 0.25) is 0 Å². The molecule has 23 heavy (non-hydrogen) atoms. The van der Waals surface area contributed by atoms with Gasteiger partial charge in [-0.3, -0.25) is 4.90 Å². The van der Waals surface area contributed by atoms with Crippen LogP contribution >= 0.6 is 0 Å².